The van der Waals surface area contributed by atoms with Gasteiger partial charge >= 0.3 is 0 Å². The Labute approximate surface area is 92.7 Å². The van der Waals surface area contributed by atoms with Crippen molar-refractivity contribution < 1.29 is 0 Å². The summed E-state index contributed by atoms with van der Waals surface area (Å²) >= 11 is 0. The standard InChI is InChI=1S/C15H19/c1-2-5-12(6-3-1)15-10-9-13-7-4-8-14(13)11-15/h7,9-12H,1-6,8H2. The first-order valence-corrected chi connectivity index (χ1v) is 6.39. The second kappa shape index (κ2) is 4.00. The van der Waals surface area contributed by atoms with Crippen molar-refractivity contribution in [1.29, 1.82) is 0 Å². The van der Waals surface area contributed by atoms with Gasteiger partial charge in [-0.2, -0.15) is 0 Å². The van der Waals surface area contributed by atoms with E-state index in [2.05, 4.69) is 24.6 Å². The molecule has 1 aromatic rings. The lowest BCUT2D eigenvalue weighted by atomic mass is 9.83. The van der Waals surface area contributed by atoms with Crippen LogP contribution in [-0.4, -0.2) is 0 Å². The number of aryl methyl sites for hydroxylation is 1. The molecule has 79 valence electrons. The van der Waals surface area contributed by atoms with Gasteiger partial charge < -0.3 is 0 Å². The van der Waals surface area contributed by atoms with Crippen LogP contribution in [0.4, 0.5) is 0 Å². The molecule has 2 aliphatic rings. The van der Waals surface area contributed by atoms with E-state index in [0.29, 0.717) is 0 Å². The van der Waals surface area contributed by atoms with E-state index in [-0.39, 0.29) is 0 Å². The lowest BCUT2D eigenvalue weighted by molar-refractivity contribution is 0.443. The maximum atomic E-state index is 2.48. The largest absolute Gasteiger partial charge is 0.0585 e. The highest BCUT2D eigenvalue weighted by Crippen LogP contribution is 2.35. The number of rotatable bonds is 1. The highest BCUT2D eigenvalue weighted by Gasteiger charge is 2.18. The highest BCUT2D eigenvalue weighted by molar-refractivity contribution is 5.41. The topological polar surface area (TPSA) is 0 Å². The molecule has 0 aromatic heterocycles. The van der Waals surface area contributed by atoms with Crippen LogP contribution in [0, 0.1) is 6.42 Å². The Hall–Kier alpha value is -0.780. The van der Waals surface area contributed by atoms with Crippen molar-refractivity contribution in [2.75, 3.05) is 0 Å². The van der Waals surface area contributed by atoms with E-state index >= 15 is 0 Å². The molecule has 0 atom stereocenters. The molecule has 0 saturated heterocycles. The predicted octanol–water partition coefficient (Wildman–Crippen LogP) is 4.23. The molecule has 1 aromatic carbocycles. The SMILES string of the molecule is [CH]1CCc2cc(C3CCCCC3)ccc21. The van der Waals surface area contributed by atoms with Crippen molar-refractivity contribution in [1.82, 2.24) is 0 Å². The molecule has 0 N–H and O–H groups in total. The molecule has 1 radical (unpaired) electrons. The monoisotopic (exact) mass is 199 g/mol. The molecule has 0 aliphatic heterocycles. The molecule has 0 nitrogen and oxygen atoms in total. The van der Waals surface area contributed by atoms with Crippen LogP contribution >= 0.6 is 0 Å². The molecule has 15 heavy (non-hydrogen) atoms. The van der Waals surface area contributed by atoms with E-state index < -0.39 is 0 Å². The summed E-state index contributed by atoms with van der Waals surface area (Å²) in [4.78, 5) is 0. The first kappa shape index (κ1) is 9.45. The van der Waals surface area contributed by atoms with Crippen LogP contribution in [0.1, 0.15) is 61.1 Å². The van der Waals surface area contributed by atoms with Gasteiger partial charge in [-0.1, -0.05) is 37.5 Å². The summed E-state index contributed by atoms with van der Waals surface area (Å²) < 4.78 is 0. The summed E-state index contributed by atoms with van der Waals surface area (Å²) in [7, 11) is 0. The van der Waals surface area contributed by atoms with Gasteiger partial charge in [0.2, 0.25) is 0 Å². The average molecular weight is 199 g/mol. The lowest BCUT2D eigenvalue weighted by Gasteiger charge is -2.22. The second-order valence-corrected chi connectivity index (χ2v) is 5.04. The highest BCUT2D eigenvalue weighted by atomic mass is 14.2. The van der Waals surface area contributed by atoms with Gasteiger partial charge in [0, 0.05) is 0 Å². The molecule has 1 saturated carbocycles. The molecule has 0 unspecified atom stereocenters. The van der Waals surface area contributed by atoms with Gasteiger partial charge in [0.15, 0.2) is 0 Å². The molecule has 0 heteroatoms. The third kappa shape index (κ3) is 1.82. The van der Waals surface area contributed by atoms with Gasteiger partial charge in [-0.15, -0.1) is 0 Å². The van der Waals surface area contributed by atoms with Gasteiger partial charge in [0.05, 0.1) is 0 Å². The van der Waals surface area contributed by atoms with E-state index in [4.69, 9.17) is 0 Å². The van der Waals surface area contributed by atoms with Gasteiger partial charge in [0.1, 0.15) is 0 Å². The van der Waals surface area contributed by atoms with Crippen LogP contribution in [0.2, 0.25) is 0 Å². The molecule has 0 spiro atoms. The van der Waals surface area contributed by atoms with E-state index in [1.807, 2.05) is 0 Å². The number of hydrogen-bond acceptors (Lipinski definition) is 0. The fourth-order valence-corrected chi connectivity index (χ4v) is 3.11. The van der Waals surface area contributed by atoms with Crippen LogP contribution in [0.25, 0.3) is 0 Å². The van der Waals surface area contributed by atoms with Gasteiger partial charge in [-0.3, -0.25) is 0 Å². The van der Waals surface area contributed by atoms with E-state index in [0.717, 1.165) is 5.92 Å². The van der Waals surface area contributed by atoms with Crippen molar-refractivity contribution in [3.63, 3.8) is 0 Å². The normalized spacial score (nSPS) is 21.6. The quantitative estimate of drug-likeness (QED) is 0.635. The smallest absolute Gasteiger partial charge is 0.00870 e. The van der Waals surface area contributed by atoms with E-state index in [1.54, 1.807) is 11.1 Å². The van der Waals surface area contributed by atoms with Crippen LogP contribution in [0.3, 0.4) is 0 Å². The number of benzene rings is 1. The number of fused-ring (bicyclic) bond motifs is 1. The van der Waals surface area contributed by atoms with Gasteiger partial charge in [-0.25, -0.2) is 0 Å². The Kier molecular flexibility index (Phi) is 2.52. The van der Waals surface area contributed by atoms with E-state index in [1.165, 1.54) is 50.5 Å². The molecular formula is C15H19. The summed E-state index contributed by atoms with van der Waals surface area (Å²) in [6, 6.07) is 7.19. The predicted molar refractivity (Wildman–Crippen MR) is 64.0 cm³/mol. The van der Waals surface area contributed by atoms with Crippen LogP contribution in [0.5, 0.6) is 0 Å². The Balaban J connectivity index is 1.85. The minimum atomic E-state index is 0.865. The minimum absolute atomic E-state index is 0.865. The zero-order valence-corrected chi connectivity index (χ0v) is 9.34. The summed E-state index contributed by atoms with van der Waals surface area (Å²) in [5.41, 5.74) is 4.70. The second-order valence-electron chi connectivity index (χ2n) is 5.04. The fourth-order valence-electron chi connectivity index (χ4n) is 3.11. The lowest BCUT2D eigenvalue weighted by Crippen LogP contribution is -2.04. The molecule has 0 bridgehead atoms. The maximum Gasteiger partial charge on any atom is -0.00870 e. The van der Waals surface area contributed by atoms with Crippen molar-refractivity contribution in [2.24, 2.45) is 0 Å². The van der Waals surface area contributed by atoms with Crippen LogP contribution in [0.15, 0.2) is 18.2 Å². The first-order valence-electron chi connectivity index (χ1n) is 6.39. The van der Waals surface area contributed by atoms with Crippen molar-refractivity contribution in [2.45, 2.75) is 50.9 Å². The number of hydrogen-bond donors (Lipinski definition) is 0. The average Bonchev–Trinajstić information content (AvgIpc) is 2.77. The zero-order valence-electron chi connectivity index (χ0n) is 9.34. The third-order valence-corrected chi connectivity index (χ3v) is 4.02. The van der Waals surface area contributed by atoms with Crippen molar-refractivity contribution in [3.8, 4) is 0 Å². The maximum absolute atomic E-state index is 2.48. The van der Waals surface area contributed by atoms with Crippen LogP contribution < -0.4 is 0 Å². The molecule has 0 amide bonds. The first-order chi connectivity index (χ1) is 7.43. The molecule has 1 fully saturated rings. The van der Waals surface area contributed by atoms with Gasteiger partial charge in [0.25, 0.3) is 0 Å². The van der Waals surface area contributed by atoms with Crippen molar-refractivity contribution >= 4 is 0 Å². The van der Waals surface area contributed by atoms with Crippen molar-refractivity contribution in [3.05, 3.63) is 41.3 Å². The van der Waals surface area contributed by atoms with Crippen LogP contribution in [-0.2, 0) is 6.42 Å². The van der Waals surface area contributed by atoms with E-state index in [9.17, 15) is 0 Å². The van der Waals surface area contributed by atoms with Gasteiger partial charge in [-0.05, 0) is 54.7 Å². The molecule has 2 aliphatic carbocycles. The fraction of sp³-hybridized carbons (Fsp3) is 0.533. The summed E-state index contributed by atoms with van der Waals surface area (Å²) in [5, 5.41) is 0. The summed E-state index contributed by atoms with van der Waals surface area (Å²) in [5.74, 6) is 0.865. The Morgan fingerprint density at radius 3 is 2.73 bits per heavy atom. The Bertz CT molecular complexity index is 345. The molecule has 0 heterocycles. The Morgan fingerprint density at radius 2 is 1.87 bits per heavy atom. The Morgan fingerprint density at radius 1 is 1.00 bits per heavy atom. The summed E-state index contributed by atoms with van der Waals surface area (Å²) in [6.07, 6.45) is 12.1. The molecular weight excluding hydrogens is 180 g/mol. The minimum Gasteiger partial charge on any atom is -0.0585 e. The zero-order chi connectivity index (χ0) is 10.1. The third-order valence-electron chi connectivity index (χ3n) is 4.02. The summed E-state index contributed by atoms with van der Waals surface area (Å²) in [6.45, 7) is 0. The molecule has 3 rings (SSSR count).